The van der Waals surface area contributed by atoms with Crippen molar-refractivity contribution in [2.75, 3.05) is 39.9 Å². The van der Waals surface area contributed by atoms with Crippen molar-refractivity contribution in [1.29, 1.82) is 0 Å². The predicted octanol–water partition coefficient (Wildman–Crippen LogP) is 1.42. The number of ether oxygens (including phenoxy) is 1. The molecule has 1 unspecified atom stereocenters. The number of aliphatic hydroxyl groups excluding tert-OH is 1. The first kappa shape index (κ1) is 16.4. The van der Waals surface area contributed by atoms with Gasteiger partial charge in [0.25, 0.3) is 5.91 Å². The second kappa shape index (κ2) is 7.89. The fourth-order valence-corrected chi connectivity index (χ4v) is 3.61. The van der Waals surface area contributed by atoms with Crippen LogP contribution in [0.5, 0.6) is 0 Å². The molecule has 5 nitrogen and oxygen atoms in total. The number of hydrogen-bond donors (Lipinski definition) is 1. The molecule has 1 saturated heterocycles. The summed E-state index contributed by atoms with van der Waals surface area (Å²) in [6, 6.07) is 2.17. The number of aliphatic hydroxyl groups is 1. The Labute approximate surface area is 130 Å². The van der Waals surface area contributed by atoms with E-state index in [1.165, 1.54) is 11.3 Å². The molecule has 21 heavy (non-hydrogen) atoms. The molecule has 0 spiro atoms. The molecule has 0 radical (unpaired) electrons. The van der Waals surface area contributed by atoms with Gasteiger partial charge < -0.3 is 14.7 Å². The highest BCUT2D eigenvalue weighted by molar-refractivity contribution is 7.12. The molecular weight excluding hydrogens is 288 g/mol. The van der Waals surface area contributed by atoms with Gasteiger partial charge in [-0.05, 0) is 17.9 Å². The Morgan fingerprint density at radius 2 is 2.14 bits per heavy atom. The van der Waals surface area contributed by atoms with E-state index in [0.717, 1.165) is 43.0 Å². The van der Waals surface area contributed by atoms with Crippen molar-refractivity contribution in [3.05, 3.63) is 21.9 Å². The molecule has 6 heteroatoms. The molecule has 118 valence electrons. The smallest absolute Gasteiger partial charge is 0.264 e. The van der Waals surface area contributed by atoms with Gasteiger partial charge in [0.1, 0.15) is 0 Å². The summed E-state index contributed by atoms with van der Waals surface area (Å²) >= 11 is 1.48. The Kier molecular flexibility index (Phi) is 6.17. The molecule has 0 bridgehead atoms. The van der Waals surface area contributed by atoms with Crippen LogP contribution >= 0.6 is 11.3 Å². The van der Waals surface area contributed by atoms with Gasteiger partial charge in [0.2, 0.25) is 0 Å². The second-order valence-electron chi connectivity index (χ2n) is 5.28. The third kappa shape index (κ3) is 3.83. The standard InChI is InChI=1S/C15H24N2O3S/c1-3-13(10-18)16-5-7-17(8-6-16)15(19)14-12(11-20-2)4-9-21-14/h4,9,13,18H,3,5-8,10-11H2,1-2H3. The molecule has 2 heterocycles. The van der Waals surface area contributed by atoms with Crippen molar-refractivity contribution in [1.82, 2.24) is 9.80 Å². The minimum Gasteiger partial charge on any atom is -0.395 e. The van der Waals surface area contributed by atoms with Crippen molar-refractivity contribution in [3.8, 4) is 0 Å². The number of hydrogen-bond acceptors (Lipinski definition) is 5. The third-order valence-corrected chi connectivity index (χ3v) is 4.99. The number of piperazine rings is 1. The van der Waals surface area contributed by atoms with E-state index in [-0.39, 0.29) is 18.6 Å². The normalized spacial score (nSPS) is 18.0. The van der Waals surface area contributed by atoms with E-state index in [1.807, 2.05) is 16.3 Å². The van der Waals surface area contributed by atoms with Crippen LogP contribution in [0.3, 0.4) is 0 Å². The molecule has 0 aliphatic carbocycles. The Balaban J connectivity index is 1.95. The maximum atomic E-state index is 12.6. The van der Waals surface area contributed by atoms with Gasteiger partial charge in [0.15, 0.2) is 0 Å². The summed E-state index contributed by atoms with van der Waals surface area (Å²) in [5.41, 5.74) is 0.969. The third-order valence-electron chi connectivity index (χ3n) is 4.04. The zero-order valence-corrected chi connectivity index (χ0v) is 13.6. The Morgan fingerprint density at radius 1 is 1.43 bits per heavy atom. The lowest BCUT2D eigenvalue weighted by atomic mass is 10.1. The van der Waals surface area contributed by atoms with Gasteiger partial charge in [-0.25, -0.2) is 0 Å². The van der Waals surface area contributed by atoms with Gasteiger partial charge in [0, 0.05) is 44.9 Å². The topological polar surface area (TPSA) is 53.0 Å². The molecule has 1 atom stereocenters. The van der Waals surface area contributed by atoms with Crippen molar-refractivity contribution < 1.29 is 14.6 Å². The summed E-state index contributed by atoms with van der Waals surface area (Å²) in [5, 5.41) is 11.3. The summed E-state index contributed by atoms with van der Waals surface area (Å²) in [5.74, 6) is 0.105. The Bertz CT molecular complexity index is 452. The number of carbonyl (C=O) groups is 1. The van der Waals surface area contributed by atoms with Crippen LogP contribution in [0.25, 0.3) is 0 Å². The van der Waals surface area contributed by atoms with Gasteiger partial charge >= 0.3 is 0 Å². The van der Waals surface area contributed by atoms with Gasteiger partial charge in [-0.1, -0.05) is 6.92 Å². The molecule has 1 N–H and O–H groups in total. The molecule has 1 aromatic heterocycles. The number of methoxy groups -OCH3 is 1. The average Bonchev–Trinajstić information content (AvgIpc) is 2.97. The van der Waals surface area contributed by atoms with E-state index in [9.17, 15) is 9.90 Å². The maximum Gasteiger partial charge on any atom is 0.264 e. The van der Waals surface area contributed by atoms with Gasteiger partial charge in [-0.2, -0.15) is 0 Å². The lowest BCUT2D eigenvalue weighted by molar-refractivity contribution is 0.0473. The second-order valence-corrected chi connectivity index (χ2v) is 6.20. The lowest BCUT2D eigenvalue weighted by Crippen LogP contribution is -2.52. The summed E-state index contributed by atoms with van der Waals surface area (Å²) in [7, 11) is 1.64. The molecule has 1 aliphatic heterocycles. The number of amides is 1. The maximum absolute atomic E-state index is 12.6. The van der Waals surface area contributed by atoms with Crippen LogP contribution in [-0.2, 0) is 11.3 Å². The molecule has 2 rings (SSSR count). The highest BCUT2D eigenvalue weighted by Gasteiger charge is 2.27. The molecule has 1 fully saturated rings. The van der Waals surface area contributed by atoms with Crippen LogP contribution in [0.4, 0.5) is 0 Å². The molecule has 0 aromatic carbocycles. The molecule has 0 saturated carbocycles. The Morgan fingerprint density at radius 3 is 2.71 bits per heavy atom. The van der Waals surface area contributed by atoms with Gasteiger partial charge in [-0.3, -0.25) is 9.69 Å². The molecule has 1 aromatic rings. The summed E-state index contributed by atoms with van der Waals surface area (Å²) in [4.78, 5) is 17.6. The quantitative estimate of drug-likeness (QED) is 0.863. The van der Waals surface area contributed by atoms with E-state index in [2.05, 4.69) is 11.8 Å². The average molecular weight is 312 g/mol. The highest BCUT2D eigenvalue weighted by Crippen LogP contribution is 2.21. The van der Waals surface area contributed by atoms with Crippen LogP contribution < -0.4 is 0 Å². The zero-order valence-electron chi connectivity index (χ0n) is 12.7. The number of thiophene rings is 1. The highest BCUT2D eigenvalue weighted by atomic mass is 32.1. The van der Waals surface area contributed by atoms with E-state index < -0.39 is 0 Å². The number of nitrogens with zero attached hydrogens (tertiary/aromatic N) is 2. The fourth-order valence-electron chi connectivity index (χ4n) is 2.73. The predicted molar refractivity (Wildman–Crippen MR) is 83.7 cm³/mol. The molecular formula is C15H24N2O3S. The van der Waals surface area contributed by atoms with Gasteiger partial charge in [0.05, 0.1) is 18.1 Å². The molecule has 1 amide bonds. The minimum absolute atomic E-state index is 0.105. The van der Waals surface area contributed by atoms with Crippen LogP contribution in [0.15, 0.2) is 11.4 Å². The van der Waals surface area contributed by atoms with Crippen LogP contribution in [-0.4, -0.2) is 66.8 Å². The van der Waals surface area contributed by atoms with Crippen molar-refractivity contribution in [3.63, 3.8) is 0 Å². The number of carbonyl (C=O) groups excluding carboxylic acids is 1. The van der Waals surface area contributed by atoms with E-state index in [1.54, 1.807) is 7.11 Å². The Hall–Kier alpha value is -0.950. The van der Waals surface area contributed by atoms with Gasteiger partial charge in [-0.15, -0.1) is 11.3 Å². The van der Waals surface area contributed by atoms with Crippen LogP contribution in [0.2, 0.25) is 0 Å². The van der Waals surface area contributed by atoms with E-state index in [0.29, 0.717) is 6.61 Å². The van der Waals surface area contributed by atoms with Crippen LogP contribution in [0, 0.1) is 0 Å². The summed E-state index contributed by atoms with van der Waals surface area (Å²) < 4.78 is 5.14. The van der Waals surface area contributed by atoms with Crippen molar-refractivity contribution in [2.45, 2.75) is 26.0 Å². The summed E-state index contributed by atoms with van der Waals surface area (Å²) in [6.07, 6.45) is 0.938. The largest absolute Gasteiger partial charge is 0.395 e. The van der Waals surface area contributed by atoms with Crippen molar-refractivity contribution in [2.24, 2.45) is 0 Å². The lowest BCUT2D eigenvalue weighted by Gasteiger charge is -2.38. The zero-order chi connectivity index (χ0) is 15.2. The first-order valence-electron chi connectivity index (χ1n) is 7.40. The van der Waals surface area contributed by atoms with Crippen LogP contribution in [0.1, 0.15) is 28.6 Å². The monoisotopic (exact) mass is 312 g/mol. The number of rotatable bonds is 6. The van der Waals surface area contributed by atoms with E-state index in [4.69, 9.17) is 4.74 Å². The summed E-state index contributed by atoms with van der Waals surface area (Å²) in [6.45, 7) is 5.85. The first-order chi connectivity index (χ1) is 10.2. The van der Waals surface area contributed by atoms with Crippen molar-refractivity contribution >= 4 is 17.2 Å². The SMILES string of the molecule is CCC(CO)N1CCN(C(=O)c2sccc2COC)CC1. The van der Waals surface area contributed by atoms with E-state index >= 15 is 0 Å². The first-order valence-corrected chi connectivity index (χ1v) is 8.28. The fraction of sp³-hybridized carbons (Fsp3) is 0.667. The molecule has 1 aliphatic rings. The minimum atomic E-state index is 0.105.